The van der Waals surface area contributed by atoms with E-state index in [2.05, 4.69) is 17.1 Å². The van der Waals surface area contributed by atoms with Gasteiger partial charge in [0.05, 0.1) is 31.0 Å². The highest BCUT2D eigenvalue weighted by Gasteiger charge is 2.28. The van der Waals surface area contributed by atoms with Crippen LogP contribution in [0.3, 0.4) is 0 Å². The number of aryl methyl sites for hydroxylation is 1. The monoisotopic (exact) mass is 523 g/mol. The Hall–Kier alpha value is -4.31. The van der Waals surface area contributed by atoms with E-state index in [1.165, 1.54) is 38.6 Å². The van der Waals surface area contributed by atoms with Gasteiger partial charge in [0.25, 0.3) is 15.9 Å². The molecule has 0 heterocycles. The first-order valence-corrected chi connectivity index (χ1v) is 12.7. The van der Waals surface area contributed by atoms with Crippen molar-refractivity contribution < 1.29 is 27.4 Å². The number of carbonyl (C=O) groups excluding carboxylic acids is 1. The predicted octanol–water partition coefficient (Wildman–Crippen LogP) is 3.92. The second-order valence-corrected chi connectivity index (χ2v) is 9.69. The van der Waals surface area contributed by atoms with Crippen molar-refractivity contribution in [1.29, 1.82) is 0 Å². The van der Waals surface area contributed by atoms with Crippen LogP contribution in [0.1, 0.15) is 11.1 Å². The molecule has 1 N–H and O–H groups in total. The third-order valence-electron chi connectivity index (χ3n) is 5.18. The van der Waals surface area contributed by atoms with Crippen molar-refractivity contribution in [2.24, 2.45) is 5.10 Å². The maximum absolute atomic E-state index is 13.6. The second-order valence-electron chi connectivity index (χ2n) is 7.83. The molecule has 0 aliphatic rings. The summed E-state index contributed by atoms with van der Waals surface area (Å²) in [5.74, 6) is 0.636. The summed E-state index contributed by atoms with van der Waals surface area (Å²) in [6.45, 7) is 5.36. The lowest BCUT2D eigenvalue weighted by Crippen LogP contribution is -2.39. The molecule has 10 heteroatoms. The van der Waals surface area contributed by atoms with Crippen LogP contribution in [0.25, 0.3) is 0 Å². The predicted molar refractivity (Wildman–Crippen MR) is 143 cm³/mol. The molecule has 1 amide bonds. The van der Waals surface area contributed by atoms with Crippen LogP contribution in [0.4, 0.5) is 5.69 Å². The Morgan fingerprint density at radius 2 is 1.76 bits per heavy atom. The van der Waals surface area contributed by atoms with Gasteiger partial charge in [-0.05, 0) is 48.9 Å². The Labute approximate surface area is 217 Å². The van der Waals surface area contributed by atoms with Gasteiger partial charge in [0.1, 0.15) is 18.9 Å². The highest BCUT2D eigenvalue weighted by atomic mass is 32.2. The molecule has 0 spiro atoms. The number of nitrogens with one attached hydrogen (secondary N) is 1. The van der Waals surface area contributed by atoms with E-state index in [-0.39, 0.29) is 10.6 Å². The molecule has 0 bridgehead atoms. The van der Waals surface area contributed by atoms with E-state index in [1.54, 1.807) is 54.6 Å². The Morgan fingerprint density at radius 3 is 2.43 bits per heavy atom. The van der Waals surface area contributed by atoms with Crippen molar-refractivity contribution in [2.75, 3.05) is 31.7 Å². The van der Waals surface area contributed by atoms with Gasteiger partial charge in [0.2, 0.25) is 0 Å². The number of anilines is 1. The molecule has 194 valence electrons. The van der Waals surface area contributed by atoms with Crippen LogP contribution in [0.2, 0.25) is 0 Å². The zero-order valence-corrected chi connectivity index (χ0v) is 21.7. The minimum absolute atomic E-state index is 0.0571. The smallest absolute Gasteiger partial charge is 0.264 e. The van der Waals surface area contributed by atoms with Gasteiger partial charge in [-0.3, -0.25) is 9.10 Å². The van der Waals surface area contributed by atoms with Gasteiger partial charge in [-0.15, -0.1) is 0 Å². The van der Waals surface area contributed by atoms with Crippen molar-refractivity contribution >= 4 is 27.8 Å². The van der Waals surface area contributed by atoms with Crippen molar-refractivity contribution in [3.63, 3.8) is 0 Å². The summed E-state index contributed by atoms with van der Waals surface area (Å²) >= 11 is 0. The molecule has 0 aliphatic carbocycles. The molecule has 0 unspecified atom stereocenters. The summed E-state index contributed by atoms with van der Waals surface area (Å²) in [6.07, 6.45) is 3.08. The van der Waals surface area contributed by atoms with Gasteiger partial charge in [-0.1, -0.05) is 42.5 Å². The van der Waals surface area contributed by atoms with Crippen LogP contribution in [0.5, 0.6) is 17.2 Å². The van der Waals surface area contributed by atoms with Crippen molar-refractivity contribution in [2.45, 2.75) is 11.8 Å². The minimum Gasteiger partial charge on any atom is -0.493 e. The maximum atomic E-state index is 13.6. The van der Waals surface area contributed by atoms with Gasteiger partial charge in [-0.25, -0.2) is 13.8 Å². The van der Waals surface area contributed by atoms with Gasteiger partial charge in [-0.2, -0.15) is 5.10 Å². The summed E-state index contributed by atoms with van der Waals surface area (Å²) in [5.41, 5.74) is 4.35. The van der Waals surface area contributed by atoms with Crippen LogP contribution in [0, 0.1) is 6.92 Å². The molecule has 0 aromatic heterocycles. The Kier molecular flexibility index (Phi) is 9.28. The fourth-order valence-electron chi connectivity index (χ4n) is 3.31. The Bertz CT molecular complexity index is 1370. The molecular weight excluding hydrogens is 494 g/mol. The zero-order chi connectivity index (χ0) is 26.8. The first kappa shape index (κ1) is 27.3. The number of hydrogen-bond acceptors (Lipinski definition) is 7. The van der Waals surface area contributed by atoms with Crippen LogP contribution in [0.15, 0.2) is 89.4 Å². The van der Waals surface area contributed by atoms with Crippen molar-refractivity contribution in [3.8, 4) is 17.2 Å². The summed E-state index contributed by atoms with van der Waals surface area (Å²) in [6, 6.07) is 18.2. The molecule has 9 nitrogen and oxygen atoms in total. The maximum Gasteiger partial charge on any atom is 0.264 e. The van der Waals surface area contributed by atoms with Gasteiger partial charge in [0, 0.05) is 6.07 Å². The molecule has 37 heavy (non-hydrogen) atoms. The van der Waals surface area contributed by atoms with Gasteiger partial charge < -0.3 is 14.2 Å². The van der Waals surface area contributed by atoms with Crippen LogP contribution < -0.4 is 23.9 Å². The number of nitrogens with zero attached hydrogens (tertiary/aromatic N) is 2. The lowest BCUT2D eigenvalue weighted by atomic mass is 10.2. The molecular formula is C27H29N3O6S. The Balaban J connectivity index is 1.84. The van der Waals surface area contributed by atoms with Crippen molar-refractivity contribution in [1.82, 2.24) is 5.43 Å². The van der Waals surface area contributed by atoms with Crippen LogP contribution in [-0.2, 0) is 14.8 Å². The third-order valence-corrected chi connectivity index (χ3v) is 6.95. The molecule has 0 saturated heterocycles. The van der Waals surface area contributed by atoms with E-state index in [1.807, 2.05) is 6.92 Å². The highest BCUT2D eigenvalue weighted by Crippen LogP contribution is 2.32. The average molecular weight is 524 g/mol. The number of rotatable bonds is 12. The normalized spacial score (nSPS) is 11.1. The zero-order valence-electron chi connectivity index (χ0n) is 20.9. The summed E-state index contributed by atoms with van der Waals surface area (Å²) < 4.78 is 44.2. The van der Waals surface area contributed by atoms with E-state index < -0.39 is 22.5 Å². The van der Waals surface area contributed by atoms with Crippen LogP contribution in [-0.4, -0.2) is 47.9 Å². The average Bonchev–Trinajstić information content (AvgIpc) is 2.91. The number of hydrogen-bond donors (Lipinski definition) is 1. The lowest BCUT2D eigenvalue weighted by Gasteiger charge is -2.24. The molecule has 0 fully saturated rings. The van der Waals surface area contributed by atoms with E-state index >= 15 is 0 Å². The topological polar surface area (TPSA) is 107 Å². The Morgan fingerprint density at radius 1 is 1.03 bits per heavy atom. The number of ether oxygens (including phenoxy) is 3. The summed E-state index contributed by atoms with van der Waals surface area (Å²) in [7, 11) is -1.28. The van der Waals surface area contributed by atoms with Crippen molar-refractivity contribution in [3.05, 3.63) is 90.5 Å². The lowest BCUT2D eigenvalue weighted by molar-refractivity contribution is -0.119. The summed E-state index contributed by atoms with van der Waals surface area (Å²) in [4.78, 5) is 12.7. The highest BCUT2D eigenvalue weighted by molar-refractivity contribution is 7.92. The molecule has 3 aromatic rings. The fraction of sp³-hybridized carbons (Fsp3) is 0.185. The van der Waals surface area contributed by atoms with E-state index in [0.717, 1.165) is 9.87 Å². The molecule has 0 saturated carbocycles. The number of amides is 1. The molecule has 0 radical (unpaired) electrons. The van der Waals surface area contributed by atoms with E-state index in [9.17, 15) is 13.2 Å². The standard InChI is InChI=1S/C27H29N3O6S/c1-5-15-36-23-8-6-7-21(16-23)18-28-29-27(31)19-30(22-11-9-20(2)10-12-22)37(32,33)24-13-14-25(34-3)26(17-24)35-4/h5-14,16-18H,1,15,19H2,2-4H3,(H,29,31)/b28-18-. The largest absolute Gasteiger partial charge is 0.493 e. The SMILES string of the molecule is C=CCOc1cccc(/C=N\NC(=O)CN(c2ccc(C)cc2)S(=O)(=O)c2ccc(OC)c(OC)c2)c1. The summed E-state index contributed by atoms with van der Waals surface area (Å²) in [5, 5.41) is 3.97. The number of carbonyl (C=O) groups is 1. The third kappa shape index (κ3) is 7.11. The first-order valence-electron chi connectivity index (χ1n) is 11.3. The molecule has 0 aliphatic heterocycles. The van der Waals surface area contributed by atoms with E-state index in [4.69, 9.17) is 14.2 Å². The molecule has 0 atom stereocenters. The quantitative estimate of drug-likeness (QED) is 0.219. The minimum atomic E-state index is -4.15. The number of methoxy groups -OCH3 is 2. The van der Waals surface area contributed by atoms with Crippen LogP contribution >= 0.6 is 0 Å². The fourth-order valence-corrected chi connectivity index (χ4v) is 4.75. The number of hydrazone groups is 1. The number of benzene rings is 3. The second kappa shape index (κ2) is 12.6. The van der Waals surface area contributed by atoms with Gasteiger partial charge >= 0.3 is 0 Å². The molecule has 3 rings (SSSR count). The van der Waals surface area contributed by atoms with E-state index in [0.29, 0.717) is 29.4 Å². The number of sulfonamides is 1. The van der Waals surface area contributed by atoms with Gasteiger partial charge in [0.15, 0.2) is 11.5 Å². The molecule has 3 aromatic carbocycles. The first-order chi connectivity index (χ1) is 17.8.